The molecule has 0 aromatic carbocycles. The molecule has 0 aliphatic rings. The van der Waals surface area contributed by atoms with E-state index >= 15 is 0 Å². The summed E-state index contributed by atoms with van der Waals surface area (Å²) in [6.45, 7) is 3.47. The van der Waals surface area contributed by atoms with Gasteiger partial charge in [-0.3, -0.25) is 4.79 Å². The smallest absolute Gasteiger partial charge is 0.256 e. The van der Waals surface area contributed by atoms with Gasteiger partial charge in [0.05, 0.1) is 0 Å². The van der Waals surface area contributed by atoms with Crippen LogP contribution in [0.2, 0.25) is 0 Å². The molecular weight excluding hydrogens is 150 g/mol. The fourth-order valence-corrected chi connectivity index (χ4v) is 0.966. The van der Waals surface area contributed by atoms with Gasteiger partial charge in [0, 0.05) is 28.2 Å². The number of nitrogens with zero attached hydrogens (tertiary/aromatic N) is 1. The van der Waals surface area contributed by atoms with Gasteiger partial charge in [-0.15, -0.1) is 0 Å². The summed E-state index contributed by atoms with van der Waals surface area (Å²) in [7, 11) is -2.24. The summed E-state index contributed by atoms with van der Waals surface area (Å²) >= 11 is 0. The average molecular weight is 163 g/mol. The Hall–Kier alpha value is -0.380. The highest BCUT2D eigenvalue weighted by atomic mass is 32.2. The number of amides is 1. The van der Waals surface area contributed by atoms with E-state index in [0.29, 0.717) is 0 Å². The Kier molecular flexibility index (Phi) is 3.02. The molecule has 0 heterocycles. The number of hydrogen-bond donors (Lipinski definition) is 0. The molecule has 0 bridgehead atoms. The fourth-order valence-electron chi connectivity index (χ4n) is 0.322. The third-order valence-electron chi connectivity index (χ3n) is 0.804. The maximum Gasteiger partial charge on any atom is 0.256 e. The zero-order chi connectivity index (χ0) is 8.36. The Morgan fingerprint density at radius 1 is 1.40 bits per heavy atom. The van der Waals surface area contributed by atoms with Crippen molar-refractivity contribution >= 4 is 15.6 Å². The van der Waals surface area contributed by atoms with Crippen molar-refractivity contribution < 1.29 is 9.00 Å². The van der Waals surface area contributed by atoms with E-state index in [4.69, 9.17) is 0 Å². The predicted octanol–water partition coefficient (Wildman–Crippen LogP) is 0.897. The van der Waals surface area contributed by atoms with Gasteiger partial charge < -0.3 is 0 Å². The van der Waals surface area contributed by atoms with E-state index in [1.807, 2.05) is 0 Å². The standard InChI is InChI=1S/C6H13NO2S/c1-5(2)6(8)7-10(3,4)9/h5H,1-4H3. The summed E-state index contributed by atoms with van der Waals surface area (Å²) in [6, 6.07) is 0. The molecule has 1 amide bonds. The Morgan fingerprint density at radius 2 is 1.80 bits per heavy atom. The van der Waals surface area contributed by atoms with Crippen LogP contribution in [0, 0.1) is 5.92 Å². The first-order valence-corrected chi connectivity index (χ1v) is 5.37. The van der Waals surface area contributed by atoms with Crippen LogP contribution in [0.25, 0.3) is 0 Å². The number of carbonyl (C=O) groups excluding carboxylic acids is 1. The van der Waals surface area contributed by atoms with Gasteiger partial charge in [0.1, 0.15) is 0 Å². The third kappa shape index (κ3) is 4.49. The molecule has 3 nitrogen and oxygen atoms in total. The number of hydrogen-bond acceptors (Lipinski definition) is 2. The topological polar surface area (TPSA) is 46.5 Å². The highest BCUT2D eigenvalue weighted by Gasteiger charge is 2.05. The highest BCUT2D eigenvalue weighted by molar-refractivity contribution is 7.92. The van der Waals surface area contributed by atoms with E-state index in [-0.39, 0.29) is 11.8 Å². The molecule has 0 saturated carbocycles. The molecule has 0 atom stereocenters. The normalized spacial score (nSPS) is 11.7. The zero-order valence-electron chi connectivity index (χ0n) is 6.75. The molecule has 0 radical (unpaired) electrons. The molecule has 0 saturated heterocycles. The first-order chi connectivity index (χ1) is 4.33. The van der Waals surface area contributed by atoms with Crippen molar-refractivity contribution in [3.8, 4) is 0 Å². The van der Waals surface area contributed by atoms with Crippen molar-refractivity contribution in [2.75, 3.05) is 12.5 Å². The average Bonchev–Trinajstić information content (AvgIpc) is 1.60. The summed E-state index contributed by atoms with van der Waals surface area (Å²) in [5.41, 5.74) is 0. The summed E-state index contributed by atoms with van der Waals surface area (Å²) in [4.78, 5) is 10.8. The van der Waals surface area contributed by atoms with Gasteiger partial charge in [0.2, 0.25) is 0 Å². The molecule has 0 unspecified atom stereocenters. The molecule has 0 fully saturated rings. The summed E-state index contributed by atoms with van der Waals surface area (Å²) in [5, 5.41) is 0. The van der Waals surface area contributed by atoms with E-state index in [1.54, 1.807) is 13.8 Å². The second-order valence-electron chi connectivity index (χ2n) is 2.77. The molecule has 0 aromatic heterocycles. The van der Waals surface area contributed by atoms with E-state index in [1.165, 1.54) is 12.5 Å². The minimum absolute atomic E-state index is 0.152. The molecule has 0 rings (SSSR count). The lowest BCUT2D eigenvalue weighted by Crippen LogP contribution is -2.06. The van der Waals surface area contributed by atoms with E-state index < -0.39 is 9.73 Å². The van der Waals surface area contributed by atoms with Gasteiger partial charge in [-0.2, -0.15) is 4.36 Å². The molecule has 0 spiro atoms. The van der Waals surface area contributed by atoms with Crippen LogP contribution in [-0.2, 0) is 14.5 Å². The fraction of sp³-hybridized carbons (Fsp3) is 0.833. The molecule has 0 aromatic rings. The molecule has 10 heavy (non-hydrogen) atoms. The van der Waals surface area contributed by atoms with Crippen LogP contribution in [0.4, 0.5) is 0 Å². The minimum Gasteiger partial charge on any atom is -0.272 e. The number of rotatable bonds is 1. The van der Waals surface area contributed by atoms with Crippen molar-refractivity contribution in [1.29, 1.82) is 0 Å². The SMILES string of the molecule is CC(C)C(=O)N=S(C)(C)=O. The molecular formula is C6H13NO2S. The van der Waals surface area contributed by atoms with Crippen molar-refractivity contribution in [3.05, 3.63) is 0 Å². The maximum absolute atomic E-state index is 10.9. The Bertz CT molecular complexity index is 228. The zero-order valence-corrected chi connectivity index (χ0v) is 7.57. The lowest BCUT2D eigenvalue weighted by atomic mass is 10.2. The third-order valence-corrected chi connectivity index (χ3v) is 1.42. The van der Waals surface area contributed by atoms with E-state index in [9.17, 15) is 9.00 Å². The van der Waals surface area contributed by atoms with Crippen LogP contribution in [-0.4, -0.2) is 22.6 Å². The van der Waals surface area contributed by atoms with Crippen molar-refractivity contribution in [2.45, 2.75) is 13.8 Å². The predicted molar refractivity (Wildman–Crippen MR) is 42.3 cm³/mol. The molecule has 0 aliphatic heterocycles. The highest BCUT2D eigenvalue weighted by Crippen LogP contribution is 1.97. The van der Waals surface area contributed by atoms with Crippen LogP contribution in [0.1, 0.15) is 13.8 Å². The Balaban J connectivity index is 4.46. The summed E-state index contributed by atoms with van der Waals surface area (Å²) in [6.07, 6.45) is 2.90. The second kappa shape index (κ2) is 3.14. The van der Waals surface area contributed by atoms with Gasteiger partial charge >= 0.3 is 0 Å². The van der Waals surface area contributed by atoms with E-state index in [0.717, 1.165) is 0 Å². The summed E-state index contributed by atoms with van der Waals surface area (Å²) in [5.74, 6) is -0.435. The first-order valence-electron chi connectivity index (χ1n) is 3.04. The monoisotopic (exact) mass is 163 g/mol. The molecule has 0 N–H and O–H groups in total. The van der Waals surface area contributed by atoms with Gasteiger partial charge in [0.15, 0.2) is 0 Å². The molecule has 4 heteroatoms. The number of carbonyl (C=O) groups is 1. The quantitative estimate of drug-likeness (QED) is 0.576. The lowest BCUT2D eigenvalue weighted by Gasteiger charge is -1.97. The van der Waals surface area contributed by atoms with Gasteiger partial charge in [-0.25, -0.2) is 4.21 Å². The first kappa shape index (κ1) is 9.62. The van der Waals surface area contributed by atoms with Crippen molar-refractivity contribution in [3.63, 3.8) is 0 Å². The van der Waals surface area contributed by atoms with Crippen LogP contribution in [0.3, 0.4) is 0 Å². The van der Waals surface area contributed by atoms with Crippen molar-refractivity contribution in [2.24, 2.45) is 10.3 Å². The van der Waals surface area contributed by atoms with Crippen LogP contribution >= 0.6 is 0 Å². The second-order valence-corrected chi connectivity index (χ2v) is 5.31. The Labute approximate surface area is 62.0 Å². The van der Waals surface area contributed by atoms with Crippen LogP contribution in [0.5, 0.6) is 0 Å². The van der Waals surface area contributed by atoms with Gasteiger partial charge in [-0.05, 0) is 0 Å². The largest absolute Gasteiger partial charge is 0.272 e. The van der Waals surface area contributed by atoms with E-state index in [2.05, 4.69) is 4.36 Å². The minimum atomic E-state index is -2.24. The lowest BCUT2D eigenvalue weighted by molar-refractivity contribution is -0.120. The van der Waals surface area contributed by atoms with Gasteiger partial charge in [-0.1, -0.05) is 13.8 Å². The maximum atomic E-state index is 10.9. The van der Waals surface area contributed by atoms with Crippen molar-refractivity contribution in [1.82, 2.24) is 0 Å². The molecule has 60 valence electrons. The summed E-state index contributed by atoms with van der Waals surface area (Å²) < 4.78 is 14.4. The van der Waals surface area contributed by atoms with Crippen LogP contribution in [0.15, 0.2) is 4.36 Å². The molecule has 0 aliphatic carbocycles. The van der Waals surface area contributed by atoms with Crippen LogP contribution < -0.4 is 0 Å². The Morgan fingerprint density at radius 3 is 1.90 bits per heavy atom. The van der Waals surface area contributed by atoms with Gasteiger partial charge in [0.25, 0.3) is 5.91 Å².